The van der Waals surface area contributed by atoms with Crippen molar-refractivity contribution in [2.24, 2.45) is 0 Å². The normalized spacial score (nSPS) is 24.7. The Labute approximate surface area is 159 Å². The Balaban J connectivity index is 1.68. The van der Waals surface area contributed by atoms with Crippen LogP contribution in [0.2, 0.25) is 0 Å². The predicted molar refractivity (Wildman–Crippen MR) is 99.1 cm³/mol. The highest BCUT2D eigenvalue weighted by Crippen LogP contribution is 2.35. The Kier molecular flexibility index (Phi) is 5.60. The summed E-state index contributed by atoms with van der Waals surface area (Å²) in [5.74, 6) is 0. The van der Waals surface area contributed by atoms with Gasteiger partial charge in [0.15, 0.2) is 0 Å². The number of aliphatic hydroxyl groups is 1. The molecule has 0 aliphatic carbocycles. The number of aliphatic hydroxyl groups excluding tert-OH is 1. The molecule has 3 heterocycles. The van der Waals surface area contributed by atoms with E-state index < -0.39 is 23.8 Å². The van der Waals surface area contributed by atoms with Crippen molar-refractivity contribution in [2.75, 3.05) is 13.2 Å². The lowest BCUT2D eigenvalue weighted by Gasteiger charge is -2.54. The Morgan fingerprint density at radius 3 is 2.48 bits per heavy atom. The number of carbonyl (C=O) groups is 2. The van der Waals surface area contributed by atoms with Crippen molar-refractivity contribution in [1.82, 2.24) is 9.80 Å². The molecule has 1 N–H and O–H groups in total. The van der Waals surface area contributed by atoms with Crippen LogP contribution in [0.3, 0.4) is 0 Å². The van der Waals surface area contributed by atoms with Gasteiger partial charge in [-0.25, -0.2) is 9.59 Å². The van der Waals surface area contributed by atoms with Crippen LogP contribution in [0.4, 0.5) is 9.59 Å². The number of rotatable bonds is 3. The van der Waals surface area contributed by atoms with Crippen LogP contribution in [0, 0.1) is 0 Å². The van der Waals surface area contributed by atoms with Crippen molar-refractivity contribution in [3.05, 3.63) is 35.9 Å². The molecule has 3 saturated heterocycles. The number of hydrogen-bond donors (Lipinski definition) is 1. The van der Waals surface area contributed by atoms with Crippen LogP contribution < -0.4 is 0 Å². The van der Waals surface area contributed by atoms with Gasteiger partial charge in [0.2, 0.25) is 0 Å². The topological polar surface area (TPSA) is 79.3 Å². The average molecular weight is 376 g/mol. The molecule has 148 valence electrons. The van der Waals surface area contributed by atoms with E-state index in [0.717, 1.165) is 18.4 Å². The largest absolute Gasteiger partial charge is 0.445 e. The van der Waals surface area contributed by atoms with Gasteiger partial charge in [-0.2, -0.15) is 0 Å². The molecule has 3 unspecified atom stereocenters. The summed E-state index contributed by atoms with van der Waals surface area (Å²) >= 11 is 0. The third-order valence-corrected chi connectivity index (χ3v) is 5.03. The molecule has 7 nitrogen and oxygen atoms in total. The first kappa shape index (κ1) is 19.5. The minimum atomic E-state index is -0.587. The van der Waals surface area contributed by atoms with Gasteiger partial charge in [0.25, 0.3) is 0 Å². The second-order valence-corrected chi connectivity index (χ2v) is 8.13. The molecule has 1 aromatic rings. The first-order chi connectivity index (χ1) is 12.8. The van der Waals surface area contributed by atoms with Crippen LogP contribution in [0.5, 0.6) is 0 Å². The third kappa shape index (κ3) is 4.35. The molecule has 7 heteroatoms. The fourth-order valence-corrected chi connectivity index (χ4v) is 3.87. The van der Waals surface area contributed by atoms with Gasteiger partial charge in [0.1, 0.15) is 12.2 Å². The molecule has 3 atom stereocenters. The third-order valence-electron chi connectivity index (χ3n) is 5.03. The quantitative estimate of drug-likeness (QED) is 0.877. The van der Waals surface area contributed by atoms with Crippen molar-refractivity contribution >= 4 is 12.2 Å². The number of carbonyl (C=O) groups excluding carboxylic acids is 2. The summed E-state index contributed by atoms with van der Waals surface area (Å²) in [7, 11) is 0. The number of piperazine rings is 1. The summed E-state index contributed by atoms with van der Waals surface area (Å²) in [6.07, 6.45) is 0.669. The highest BCUT2D eigenvalue weighted by molar-refractivity contribution is 5.72. The maximum atomic E-state index is 12.7. The number of nitrogens with zero attached hydrogens (tertiary/aromatic N) is 2. The van der Waals surface area contributed by atoms with E-state index in [0.29, 0.717) is 6.54 Å². The number of ether oxygens (including phenoxy) is 2. The number of benzene rings is 1. The Bertz CT molecular complexity index is 673. The smallest absolute Gasteiger partial charge is 0.410 e. The summed E-state index contributed by atoms with van der Waals surface area (Å²) < 4.78 is 11.0. The molecule has 0 radical (unpaired) electrons. The molecule has 3 aliphatic rings. The van der Waals surface area contributed by atoms with Crippen molar-refractivity contribution < 1.29 is 24.2 Å². The van der Waals surface area contributed by atoms with Crippen molar-refractivity contribution in [3.8, 4) is 0 Å². The first-order valence-electron chi connectivity index (χ1n) is 9.39. The average Bonchev–Trinajstić information content (AvgIpc) is 2.65. The van der Waals surface area contributed by atoms with Crippen LogP contribution in [0.1, 0.15) is 39.2 Å². The maximum Gasteiger partial charge on any atom is 0.410 e. The number of fused-ring (bicyclic) bond motifs is 3. The molecule has 27 heavy (non-hydrogen) atoms. The number of amides is 2. The van der Waals surface area contributed by atoms with E-state index in [-0.39, 0.29) is 25.3 Å². The van der Waals surface area contributed by atoms with Crippen LogP contribution in [-0.4, -0.2) is 64.0 Å². The summed E-state index contributed by atoms with van der Waals surface area (Å²) in [6, 6.07) is 8.55. The van der Waals surface area contributed by atoms with E-state index in [1.807, 2.05) is 51.1 Å². The van der Waals surface area contributed by atoms with Gasteiger partial charge in [0.05, 0.1) is 24.7 Å². The molecule has 0 spiro atoms. The van der Waals surface area contributed by atoms with Crippen LogP contribution >= 0.6 is 0 Å². The minimum Gasteiger partial charge on any atom is -0.445 e. The zero-order valence-corrected chi connectivity index (χ0v) is 16.1. The second kappa shape index (κ2) is 7.76. The Hall–Kier alpha value is -2.28. The fourth-order valence-electron chi connectivity index (χ4n) is 3.87. The van der Waals surface area contributed by atoms with Crippen LogP contribution in [0.25, 0.3) is 0 Å². The number of piperidine rings is 2. The zero-order chi connectivity index (χ0) is 19.6. The Morgan fingerprint density at radius 2 is 1.85 bits per heavy atom. The molecule has 0 aromatic heterocycles. The van der Waals surface area contributed by atoms with Crippen molar-refractivity contribution in [2.45, 2.75) is 63.9 Å². The van der Waals surface area contributed by atoms with E-state index >= 15 is 0 Å². The summed E-state index contributed by atoms with van der Waals surface area (Å²) in [6.45, 7) is 5.83. The molecular weight excluding hydrogens is 348 g/mol. The second-order valence-electron chi connectivity index (χ2n) is 8.13. The number of hydrogen-bond acceptors (Lipinski definition) is 5. The lowest BCUT2D eigenvalue weighted by Crippen LogP contribution is -2.71. The molecule has 4 rings (SSSR count). The van der Waals surface area contributed by atoms with Gasteiger partial charge in [-0.3, -0.25) is 4.90 Å². The summed E-state index contributed by atoms with van der Waals surface area (Å²) in [4.78, 5) is 28.5. The molecule has 1 aromatic carbocycles. The predicted octanol–water partition coefficient (Wildman–Crippen LogP) is 2.77. The van der Waals surface area contributed by atoms with E-state index in [9.17, 15) is 14.7 Å². The SMILES string of the molecule is CC(C)(C)OC(=O)N1CC2CCC1C(CO)N2C(=O)OCc1ccccc1. The van der Waals surface area contributed by atoms with E-state index in [1.165, 1.54) is 0 Å². The molecular formula is C20H28N2O5. The van der Waals surface area contributed by atoms with E-state index in [1.54, 1.807) is 9.80 Å². The standard InChI is InChI=1S/C20H28N2O5/c1-20(2,3)27-18(24)21-11-15-9-10-16(21)17(12-23)22(15)19(25)26-13-14-7-5-4-6-8-14/h4-8,15-17,23H,9-13H2,1-3H3. The molecule has 3 fully saturated rings. The monoisotopic (exact) mass is 376 g/mol. The Morgan fingerprint density at radius 1 is 1.15 bits per heavy atom. The summed E-state index contributed by atoms with van der Waals surface area (Å²) in [5, 5.41) is 9.92. The fraction of sp³-hybridized carbons (Fsp3) is 0.600. The van der Waals surface area contributed by atoms with Gasteiger partial charge in [-0.1, -0.05) is 30.3 Å². The van der Waals surface area contributed by atoms with E-state index in [4.69, 9.17) is 9.47 Å². The highest BCUT2D eigenvalue weighted by Gasteiger charge is 2.50. The van der Waals surface area contributed by atoms with Gasteiger partial charge >= 0.3 is 12.2 Å². The zero-order valence-electron chi connectivity index (χ0n) is 16.1. The lowest BCUT2D eigenvalue weighted by atomic mass is 9.85. The van der Waals surface area contributed by atoms with Crippen LogP contribution in [0.15, 0.2) is 30.3 Å². The van der Waals surface area contributed by atoms with Gasteiger partial charge < -0.3 is 19.5 Å². The molecule has 2 amide bonds. The molecule has 2 bridgehead atoms. The minimum absolute atomic E-state index is 0.178. The molecule has 3 aliphatic heterocycles. The van der Waals surface area contributed by atoms with Crippen LogP contribution in [-0.2, 0) is 16.1 Å². The van der Waals surface area contributed by atoms with Gasteiger partial charge in [0, 0.05) is 6.54 Å². The van der Waals surface area contributed by atoms with Gasteiger partial charge in [-0.15, -0.1) is 0 Å². The first-order valence-corrected chi connectivity index (χ1v) is 9.39. The van der Waals surface area contributed by atoms with Crippen molar-refractivity contribution in [3.63, 3.8) is 0 Å². The summed E-state index contributed by atoms with van der Waals surface area (Å²) in [5.41, 5.74) is 0.320. The molecule has 0 saturated carbocycles. The maximum absolute atomic E-state index is 12.7. The van der Waals surface area contributed by atoms with E-state index in [2.05, 4.69) is 0 Å². The van der Waals surface area contributed by atoms with Crippen molar-refractivity contribution in [1.29, 1.82) is 0 Å². The van der Waals surface area contributed by atoms with Gasteiger partial charge in [-0.05, 0) is 39.2 Å². The lowest BCUT2D eigenvalue weighted by molar-refractivity contribution is -0.0793. The highest BCUT2D eigenvalue weighted by atomic mass is 16.6.